The summed E-state index contributed by atoms with van der Waals surface area (Å²) in [7, 11) is 1.23. The van der Waals surface area contributed by atoms with Crippen molar-refractivity contribution in [3.63, 3.8) is 0 Å². The van der Waals surface area contributed by atoms with Gasteiger partial charge in [-0.15, -0.1) is 0 Å². The first-order valence-electron chi connectivity index (χ1n) is 8.20. The molecule has 1 aromatic rings. The largest absolute Gasteiger partial charge is 0.507 e. The minimum Gasteiger partial charge on any atom is -0.507 e. The van der Waals surface area contributed by atoms with Crippen molar-refractivity contribution in [2.24, 2.45) is 0 Å². The molecule has 0 aliphatic carbocycles. The molecule has 0 saturated carbocycles. The van der Waals surface area contributed by atoms with E-state index in [0.717, 1.165) is 6.42 Å². The molecule has 0 fully saturated rings. The number of hydrogen-bond acceptors (Lipinski definition) is 5. The standard InChI is InChI=1S/C20H28O5/c1-12(2)8-7-10-20(5,24)11-9-15-13(3)16(19(23)25-6)18(22)14(4)17(15)21/h8-9,11,21-22,24H,7,10H2,1-6H3. The zero-order valence-corrected chi connectivity index (χ0v) is 15.8. The van der Waals surface area contributed by atoms with Crippen LogP contribution in [-0.2, 0) is 4.74 Å². The fourth-order valence-corrected chi connectivity index (χ4v) is 2.55. The van der Waals surface area contributed by atoms with E-state index in [1.165, 1.54) is 19.6 Å². The molecule has 0 aliphatic heterocycles. The molecular formula is C20H28O5. The first kappa shape index (κ1) is 20.8. The molecule has 0 amide bonds. The minimum absolute atomic E-state index is 0.0154. The van der Waals surface area contributed by atoms with Crippen LogP contribution < -0.4 is 0 Å². The summed E-state index contributed by atoms with van der Waals surface area (Å²) in [5, 5.41) is 31.0. The van der Waals surface area contributed by atoms with Crippen molar-refractivity contribution in [1.82, 2.24) is 0 Å². The van der Waals surface area contributed by atoms with Crippen molar-refractivity contribution >= 4 is 12.0 Å². The zero-order chi connectivity index (χ0) is 19.4. The highest BCUT2D eigenvalue weighted by molar-refractivity contribution is 5.96. The van der Waals surface area contributed by atoms with Crippen molar-refractivity contribution in [2.75, 3.05) is 7.11 Å². The van der Waals surface area contributed by atoms with Gasteiger partial charge in [0.15, 0.2) is 0 Å². The molecule has 5 nitrogen and oxygen atoms in total. The summed E-state index contributed by atoms with van der Waals surface area (Å²) in [4.78, 5) is 11.9. The monoisotopic (exact) mass is 348 g/mol. The summed E-state index contributed by atoms with van der Waals surface area (Å²) in [6, 6.07) is 0. The van der Waals surface area contributed by atoms with Crippen LogP contribution in [0.2, 0.25) is 0 Å². The molecule has 0 radical (unpaired) electrons. The van der Waals surface area contributed by atoms with E-state index < -0.39 is 11.6 Å². The second-order valence-electron chi connectivity index (χ2n) is 6.74. The molecule has 0 aliphatic rings. The predicted molar refractivity (Wildman–Crippen MR) is 98.9 cm³/mol. The van der Waals surface area contributed by atoms with E-state index in [0.29, 0.717) is 17.5 Å². The van der Waals surface area contributed by atoms with Gasteiger partial charge >= 0.3 is 5.97 Å². The first-order chi connectivity index (χ1) is 11.5. The Morgan fingerprint density at radius 2 is 1.76 bits per heavy atom. The normalized spacial score (nSPS) is 13.6. The van der Waals surface area contributed by atoms with Crippen molar-refractivity contribution in [3.8, 4) is 11.5 Å². The van der Waals surface area contributed by atoms with Crippen LogP contribution in [0.15, 0.2) is 17.7 Å². The molecule has 1 aromatic carbocycles. The van der Waals surface area contributed by atoms with E-state index in [4.69, 9.17) is 4.74 Å². The van der Waals surface area contributed by atoms with Crippen LogP contribution >= 0.6 is 0 Å². The molecule has 3 N–H and O–H groups in total. The summed E-state index contributed by atoms with van der Waals surface area (Å²) in [5.41, 5.74) is 1.09. The molecule has 1 rings (SSSR count). The highest BCUT2D eigenvalue weighted by Gasteiger charge is 2.24. The van der Waals surface area contributed by atoms with Gasteiger partial charge in [0.25, 0.3) is 0 Å². The van der Waals surface area contributed by atoms with Gasteiger partial charge in [0.2, 0.25) is 0 Å². The number of aliphatic hydroxyl groups is 1. The Hall–Kier alpha value is -2.27. The van der Waals surface area contributed by atoms with E-state index in [9.17, 15) is 20.1 Å². The molecule has 0 spiro atoms. The maximum atomic E-state index is 11.9. The lowest BCUT2D eigenvalue weighted by Crippen LogP contribution is -2.20. The number of rotatable bonds is 6. The molecule has 0 bridgehead atoms. The molecule has 25 heavy (non-hydrogen) atoms. The third kappa shape index (κ3) is 5.10. The van der Waals surface area contributed by atoms with Gasteiger partial charge in [-0.25, -0.2) is 4.79 Å². The maximum absolute atomic E-state index is 11.9. The third-order valence-corrected chi connectivity index (χ3v) is 4.18. The van der Waals surface area contributed by atoms with Gasteiger partial charge in [0.1, 0.15) is 17.1 Å². The molecular weight excluding hydrogens is 320 g/mol. The summed E-state index contributed by atoms with van der Waals surface area (Å²) < 4.78 is 4.71. The second kappa shape index (κ2) is 8.21. The second-order valence-corrected chi connectivity index (χ2v) is 6.74. The maximum Gasteiger partial charge on any atom is 0.341 e. The van der Waals surface area contributed by atoms with Crippen LogP contribution in [0.4, 0.5) is 0 Å². The fraction of sp³-hybridized carbons (Fsp3) is 0.450. The molecule has 0 heterocycles. The van der Waals surface area contributed by atoms with Crippen LogP contribution in [0.1, 0.15) is 60.7 Å². The Morgan fingerprint density at radius 1 is 1.16 bits per heavy atom. The summed E-state index contributed by atoms with van der Waals surface area (Å²) in [6.45, 7) is 8.81. The van der Waals surface area contributed by atoms with E-state index >= 15 is 0 Å². The lowest BCUT2D eigenvalue weighted by molar-refractivity contribution is 0.0596. The number of esters is 1. The number of carbonyl (C=O) groups is 1. The van der Waals surface area contributed by atoms with Crippen molar-refractivity contribution < 1.29 is 24.9 Å². The summed E-state index contributed by atoms with van der Waals surface area (Å²) >= 11 is 0. The third-order valence-electron chi connectivity index (χ3n) is 4.18. The zero-order valence-electron chi connectivity index (χ0n) is 15.8. The lowest BCUT2D eigenvalue weighted by atomic mass is 9.93. The Bertz CT molecular complexity index is 708. The van der Waals surface area contributed by atoms with Crippen LogP contribution in [0.5, 0.6) is 11.5 Å². The molecule has 5 heteroatoms. The topological polar surface area (TPSA) is 87.0 Å². The van der Waals surface area contributed by atoms with Gasteiger partial charge in [-0.3, -0.25) is 0 Å². The van der Waals surface area contributed by atoms with E-state index in [1.807, 2.05) is 19.9 Å². The Kier molecular flexibility index (Phi) is 6.82. The van der Waals surface area contributed by atoms with Crippen molar-refractivity contribution in [2.45, 2.75) is 53.1 Å². The highest BCUT2D eigenvalue weighted by atomic mass is 16.5. The van der Waals surface area contributed by atoms with E-state index in [2.05, 4.69) is 0 Å². The number of carbonyl (C=O) groups excluding carboxylic acids is 1. The Balaban J connectivity index is 3.27. The van der Waals surface area contributed by atoms with Crippen LogP contribution in [-0.4, -0.2) is 34.0 Å². The number of methoxy groups -OCH3 is 1. The Labute approximate surface area is 149 Å². The van der Waals surface area contributed by atoms with Crippen molar-refractivity contribution in [1.29, 1.82) is 0 Å². The highest BCUT2D eigenvalue weighted by Crippen LogP contribution is 2.38. The minimum atomic E-state index is -1.07. The van der Waals surface area contributed by atoms with Crippen molar-refractivity contribution in [3.05, 3.63) is 40.0 Å². The average molecular weight is 348 g/mol. The number of phenols is 2. The Morgan fingerprint density at radius 3 is 2.28 bits per heavy atom. The van der Waals surface area contributed by atoms with E-state index in [-0.39, 0.29) is 22.6 Å². The lowest BCUT2D eigenvalue weighted by Gasteiger charge is -2.19. The van der Waals surface area contributed by atoms with E-state index in [1.54, 1.807) is 26.0 Å². The quantitative estimate of drug-likeness (QED) is 0.534. The predicted octanol–water partition coefficient (Wildman–Crippen LogP) is 4.01. The molecule has 0 aromatic heterocycles. The van der Waals surface area contributed by atoms with Gasteiger partial charge in [-0.2, -0.15) is 0 Å². The number of ether oxygens (including phenoxy) is 1. The van der Waals surface area contributed by atoms with Gasteiger partial charge in [-0.05, 0) is 53.0 Å². The SMILES string of the molecule is COC(=O)c1c(C)c(C=CC(C)(O)CCC=C(C)C)c(O)c(C)c1O. The molecule has 1 atom stereocenters. The van der Waals surface area contributed by atoms with Crippen LogP contribution in [0.25, 0.3) is 6.08 Å². The number of benzene rings is 1. The number of aromatic hydroxyl groups is 2. The van der Waals surface area contributed by atoms with Gasteiger partial charge < -0.3 is 20.1 Å². The average Bonchev–Trinajstić information content (AvgIpc) is 2.52. The number of hydrogen-bond donors (Lipinski definition) is 3. The first-order valence-corrected chi connectivity index (χ1v) is 8.20. The molecule has 0 saturated heterocycles. The number of phenolic OH excluding ortho intramolecular Hbond substituents is 2. The fourth-order valence-electron chi connectivity index (χ4n) is 2.55. The van der Waals surface area contributed by atoms with Crippen LogP contribution in [0, 0.1) is 13.8 Å². The van der Waals surface area contributed by atoms with Crippen LogP contribution in [0.3, 0.4) is 0 Å². The van der Waals surface area contributed by atoms with Gasteiger partial charge in [0.05, 0.1) is 12.7 Å². The summed E-state index contributed by atoms with van der Waals surface area (Å²) in [5.74, 6) is -1.10. The van der Waals surface area contributed by atoms with Gasteiger partial charge in [0, 0.05) is 11.1 Å². The number of allylic oxidation sites excluding steroid dienone is 2. The molecule has 1 unspecified atom stereocenters. The summed E-state index contributed by atoms with van der Waals surface area (Å²) in [6.07, 6.45) is 6.46. The van der Waals surface area contributed by atoms with Gasteiger partial charge in [-0.1, -0.05) is 23.8 Å². The molecule has 138 valence electrons. The smallest absolute Gasteiger partial charge is 0.341 e.